The molecule has 1 amide bonds. The zero-order valence-corrected chi connectivity index (χ0v) is 24.9. The summed E-state index contributed by atoms with van der Waals surface area (Å²) in [5.74, 6) is -0.530. The number of likely N-dealkylation sites (tertiary alicyclic amines) is 1. The van der Waals surface area contributed by atoms with E-state index in [1.807, 2.05) is 0 Å². The minimum Gasteiger partial charge on any atom is -0.463 e. The number of aryl methyl sites for hydroxylation is 1. The van der Waals surface area contributed by atoms with Gasteiger partial charge in [0.15, 0.2) is 5.83 Å². The van der Waals surface area contributed by atoms with Crippen LogP contribution in [0.15, 0.2) is 48.8 Å². The standard InChI is InChI=1S/C33H38FN7O2/c1-22-7-5-8-25-9-6-10-29(30(22)25)39-14-12-27-28(20-39)36-33(43-21-24-11-13-38(4)18-24)37-31(27)40-15-16-41(32(42)23(2)34)26(19-40)17-35-3/h5-10,24,26H,2,11-21H2,1,4H3/t24-,26+/m1/s1. The summed E-state index contributed by atoms with van der Waals surface area (Å²) in [4.78, 5) is 34.2. The van der Waals surface area contributed by atoms with Gasteiger partial charge in [-0.25, -0.2) is 11.0 Å². The molecule has 0 spiro atoms. The number of carbonyl (C=O) groups is 1. The lowest BCUT2D eigenvalue weighted by atomic mass is 9.99. The van der Waals surface area contributed by atoms with E-state index in [4.69, 9.17) is 21.3 Å². The summed E-state index contributed by atoms with van der Waals surface area (Å²) in [7, 11) is 2.12. The van der Waals surface area contributed by atoms with Crippen LogP contribution in [-0.4, -0.2) is 91.2 Å². The number of benzene rings is 2. The molecule has 0 N–H and O–H groups in total. The molecule has 3 aliphatic heterocycles. The summed E-state index contributed by atoms with van der Waals surface area (Å²) in [6.45, 7) is 18.0. The van der Waals surface area contributed by atoms with Crippen molar-refractivity contribution in [2.75, 3.05) is 69.3 Å². The Bertz CT molecular complexity index is 1580. The van der Waals surface area contributed by atoms with Crippen molar-refractivity contribution in [3.63, 3.8) is 0 Å². The second-order valence-corrected chi connectivity index (χ2v) is 11.9. The Morgan fingerprint density at radius 3 is 2.67 bits per heavy atom. The van der Waals surface area contributed by atoms with Gasteiger partial charge in [0, 0.05) is 55.3 Å². The van der Waals surface area contributed by atoms with E-state index in [1.165, 1.54) is 26.9 Å². The maximum Gasteiger partial charge on any atom is 0.318 e. The van der Waals surface area contributed by atoms with Gasteiger partial charge in [0.2, 0.25) is 6.54 Å². The van der Waals surface area contributed by atoms with Gasteiger partial charge in [0.25, 0.3) is 5.91 Å². The van der Waals surface area contributed by atoms with E-state index in [1.54, 1.807) is 0 Å². The molecule has 4 heterocycles. The predicted octanol–water partition coefficient (Wildman–Crippen LogP) is 4.25. The number of hydrogen-bond donors (Lipinski definition) is 0. The van der Waals surface area contributed by atoms with Crippen LogP contribution < -0.4 is 14.5 Å². The van der Waals surface area contributed by atoms with Gasteiger partial charge in [-0.2, -0.15) is 9.97 Å². The molecule has 43 heavy (non-hydrogen) atoms. The summed E-state index contributed by atoms with van der Waals surface area (Å²) < 4.78 is 20.1. The molecular formula is C33H38FN7O2. The third kappa shape index (κ3) is 5.87. The number of ether oxygens (including phenoxy) is 1. The fraction of sp³-hybridized carbons (Fsp3) is 0.455. The number of anilines is 2. The number of rotatable bonds is 7. The molecule has 0 saturated carbocycles. The Labute approximate surface area is 252 Å². The van der Waals surface area contributed by atoms with Gasteiger partial charge in [-0.3, -0.25) is 4.79 Å². The summed E-state index contributed by atoms with van der Waals surface area (Å²) in [5.41, 5.74) is 4.42. The number of halogens is 1. The smallest absolute Gasteiger partial charge is 0.318 e. The number of piperazine rings is 1. The molecule has 2 aromatic carbocycles. The molecule has 0 radical (unpaired) electrons. The van der Waals surface area contributed by atoms with Gasteiger partial charge in [-0.15, -0.1) is 0 Å². The van der Waals surface area contributed by atoms with E-state index in [-0.39, 0.29) is 13.1 Å². The molecule has 2 saturated heterocycles. The minimum atomic E-state index is -1.00. The fourth-order valence-corrected chi connectivity index (χ4v) is 6.78. The normalized spacial score (nSPS) is 20.7. The molecule has 3 aromatic rings. The van der Waals surface area contributed by atoms with Crippen LogP contribution in [0.3, 0.4) is 0 Å². The third-order valence-corrected chi connectivity index (χ3v) is 8.97. The average molecular weight is 584 g/mol. The molecule has 0 unspecified atom stereocenters. The van der Waals surface area contributed by atoms with Crippen LogP contribution >= 0.6 is 0 Å². The molecule has 2 fully saturated rings. The number of aromatic nitrogens is 2. The first-order valence-corrected chi connectivity index (χ1v) is 15.0. The third-order valence-electron chi connectivity index (χ3n) is 8.97. The SMILES string of the molecule is [C-]#[N+]C[C@H]1CN(c2nc(OC[C@@H]3CCN(C)C3)nc3c2CCN(c2cccc4cccc(C)c24)C3)CCN1C(=O)C(=C)F. The molecule has 0 aliphatic carbocycles. The van der Waals surface area contributed by atoms with Crippen LogP contribution in [0.4, 0.5) is 15.9 Å². The van der Waals surface area contributed by atoms with Crippen LogP contribution in [0.1, 0.15) is 23.2 Å². The van der Waals surface area contributed by atoms with Crippen molar-refractivity contribution < 1.29 is 13.9 Å². The maximum atomic E-state index is 13.8. The van der Waals surface area contributed by atoms with Gasteiger partial charge in [-0.1, -0.05) is 36.9 Å². The summed E-state index contributed by atoms with van der Waals surface area (Å²) in [5, 5.41) is 2.47. The van der Waals surface area contributed by atoms with E-state index in [0.29, 0.717) is 38.2 Å². The fourth-order valence-electron chi connectivity index (χ4n) is 6.78. The van der Waals surface area contributed by atoms with Gasteiger partial charge in [-0.05, 0) is 50.4 Å². The van der Waals surface area contributed by atoms with Crippen LogP contribution in [-0.2, 0) is 17.8 Å². The van der Waals surface area contributed by atoms with Crippen molar-refractivity contribution in [1.82, 2.24) is 19.8 Å². The summed E-state index contributed by atoms with van der Waals surface area (Å²) >= 11 is 0. The average Bonchev–Trinajstić information content (AvgIpc) is 3.43. The first kappa shape index (κ1) is 28.9. The van der Waals surface area contributed by atoms with E-state index in [2.05, 4.69) is 76.5 Å². The van der Waals surface area contributed by atoms with Crippen molar-refractivity contribution in [1.29, 1.82) is 0 Å². The van der Waals surface area contributed by atoms with Gasteiger partial charge in [0.05, 0.1) is 18.8 Å². The van der Waals surface area contributed by atoms with E-state index in [0.717, 1.165) is 49.6 Å². The largest absolute Gasteiger partial charge is 0.463 e. The highest BCUT2D eigenvalue weighted by molar-refractivity contribution is 5.97. The zero-order chi connectivity index (χ0) is 30.1. The molecular weight excluding hydrogens is 545 g/mol. The Balaban J connectivity index is 1.33. The van der Waals surface area contributed by atoms with Gasteiger partial charge >= 0.3 is 6.01 Å². The number of amides is 1. The molecule has 3 aliphatic rings. The second kappa shape index (κ2) is 12.2. The Kier molecular flexibility index (Phi) is 8.17. The van der Waals surface area contributed by atoms with E-state index in [9.17, 15) is 9.18 Å². The molecule has 10 heteroatoms. The highest BCUT2D eigenvalue weighted by atomic mass is 19.1. The molecule has 9 nitrogen and oxygen atoms in total. The Morgan fingerprint density at radius 1 is 1.12 bits per heavy atom. The molecule has 0 bridgehead atoms. The van der Waals surface area contributed by atoms with Gasteiger partial charge < -0.3 is 29.2 Å². The molecule has 224 valence electrons. The van der Waals surface area contributed by atoms with Crippen LogP contribution in [0.25, 0.3) is 15.6 Å². The second-order valence-electron chi connectivity index (χ2n) is 11.9. The van der Waals surface area contributed by atoms with Crippen molar-refractivity contribution in [2.45, 2.75) is 32.4 Å². The Hall–Kier alpha value is -4.23. The monoisotopic (exact) mass is 583 g/mol. The lowest BCUT2D eigenvalue weighted by Gasteiger charge is -2.41. The summed E-state index contributed by atoms with van der Waals surface area (Å²) in [6, 6.07) is 12.7. The quantitative estimate of drug-likeness (QED) is 0.304. The topological polar surface area (TPSA) is 69.4 Å². The zero-order valence-electron chi connectivity index (χ0n) is 24.9. The highest BCUT2D eigenvalue weighted by Gasteiger charge is 2.36. The van der Waals surface area contributed by atoms with Gasteiger partial charge in [0.1, 0.15) is 11.9 Å². The Morgan fingerprint density at radius 2 is 1.93 bits per heavy atom. The molecule has 2 atom stereocenters. The number of nitrogens with zero attached hydrogens (tertiary/aromatic N) is 7. The van der Waals surface area contributed by atoms with Crippen molar-refractivity contribution >= 4 is 28.2 Å². The van der Waals surface area contributed by atoms with E-state index >= 15 is 0 Å². The predicted molar refractivity (Wildman–Crippen MR) is 166 cm³/mol. The molecule has 6 rings (SSSR count). The molecule has 1 aromatic heterocycles. The lowest BCUT2D eigenvalue weighted by Crippen LogP contribution is -2.57. The van der Waals surface area contributed by atoms with Crippen LogP contribution in [0.2, 0.25) is 0 Å². The first-order chi connectivity index (χ1) is 20.8. The lowest BCUT2D eigenvalue weighted by molar-refractivity contribution is -0.131. The van der Waals surface area contributed by atoms with Crippen LogP contribution in [0.5, 0.6) is 6.01 Å². The minimum absolute atomic E-state index is 0.0789. The number of carbonyl (C=O) groups excluding carboxylic acids is 1. The number of hydrogen-bond acceptors (Lipinski definition) is 7. The first-order valence-electron chi connectivity index (χ1n) is 15.0. The van der Waals surface area contributed by atoms with Crippen molar-refractivity contribution in [2.24, 2.45) is 5.92 Å². The summed E-state index contributed by atoms with van der Waals surface area (Å²) in [6.07, 6.45) is 1.82. The highest BCUT2D eigenvalue weighted by Crippen LogP contribution is 2.36. The van der Waals surface area contributed by atoms with E-state index < -0.39 is 17.8 Å². The number of fused-ring (bicyclic) bond motifs is 2. The van der Waals surface area contributed by atoms with Crippen molar-refractivity contribution in [3.8, 4) is 6.01 Å². The van der Waals surface area contributed by atoms with Crippen LogP contribution in [0, 0.1) is 19.4 Å². The maximum absolute atomic E-state index is 13.8. The van der Waals surface area contributed by atoms with Crippen molar-refractivity contribution in [3.05, 3.63) is 77.0 Å².